The molecule has 1 saturated carbocycles. The molecule has 0 radical (unpaired) electrons. The molecule has 2 N–H and O–H groups in total. The number of Topliss-reactive ketones (excluding diaryl/α,β-unsaturated/α-hetero) is 1. The topological polar surface area (TPSA) is 95.3 Å². The minimum Gasteiger partial charge on any atom is -0.505 e. The van der Waals surface area contributed by atoms with Crippen molar-refractivity contribution in [1.82, 2.24) is 4.90 Å². The average Bonchev–Trinajstić information content (AvgIpc) is 3.63. The third kappa shape index (κ3) is 3.88. The number of carbonyl (C=O) groups excluding carboxylic acids is 1. The van der Waals surface area contributed by atoms with Gasteiger partial charge in [0.15, 0.2) is 17.3 Å². The fourth-order valence-electron chi connectivity index (χ4n) is 5.48. The number of hydrogen-bond acceptors (Lipinski definition) is 7. The first kappa shape index (κ1) is 24.4. The fourth-order valence-corrected chi connectivity index (χ4v) is 5.48. The number of methoxy groups -OCH3 is 2. The number of morpholine rings is 1. The molecule has 0 amide bonds. The Morgan fingerprint density at radius 2 is 1.72 bits per heavy atom. The number of nitrogens with one attached hydrogen (secondary N) is 1. The predicted molar refractivity (Wildman–Crippen MR) is 138 cm³/mol. The standard InChI is InChI=1S/C28H35N3O5/c1-27(2,3)20-12-17(13-21(25(20)33)30-8-10-36-11-9-30)22(32)16-31-26(29)18-14-23(34-4)24(35-5)15-19(18)28(31)6-7-28/h12-15,29,33H,6-11,16H2,1-5H3. The van der Waals surface area contributed by atoms with Crippen LogP contribution >= 0.6 is 0 Å². The van der Waals surface area contributed by atoms with Gasteiger partial charge in [-0.25, -0.2) is 0 Å². The first-order valence-corrected chi connectivity index (χ1v) is 12.5. The van der Waals surface area contributed by atoms with Crippen molar-refractivity contribution in [3.63, 3.8) is 0 Å². The number of ketones is 1. The van der Waals surface area contributed by atoms with Crippen LogP contribution in [0.1, 0.15) is 60.7 Å². The van der Waals surface area contributed by atoms with Crippen LogP contribution in [0.5, 0.6) is 17.2 Å². The predicted octanol–water partition coefficient (Wildman–Crippen LogP) is 4.06. The van der Waals surface area contributed by atoms with E-state index in [0.717, 1.165) is 29.5 Å². The fraction of sp³-hybridized carbons (Fsp3) is 0.500. The van der Waals surface area contributed by atoms with Crippen molar-refractivity contribution in [2.24, 2.45) is 0 Å². The highest BCUT2D eigenvalue weighted by Gasteiger charge is 2.57. The average molecular weight is 494 g/mol. The van der Waals surface area contributed by atoms with Crippen LogP contribution in [-0.4, -0.2) is 68.7 Å². The molecule has 0 unspecified atom stereocenters. The lowest BCUT2D eigenvalue weighted by atomic mass is 9.84. The number of fused-ring (bicyclic) bond motifs is 2. The van der Waals surface area contributed by atoms with Gasteiger partial charge in [-0.2, -0.15) is 0 Å². The lowest BCUT2D eigenvalue weighted by Crippen LogP contribution is -2.38. The molecule has 2 aliphatic heterocycles. The van der Waals surface area contributed by atoms with Crippen molar-refractivity contribution < 1.29 is 24.1 Å². The van der Waals surface area contributed by atoms with Crippen LogP contribution in [0.15, 0.2) is 24.3 Å². The first-order chi connectivity index (χ1) is 17.1. The zero-order chi connectivity index (χ0) is 25.8. The van der Waals surface area contributed by atoms with Crippen molar-refractivity contribution in [1.29, 1.82) is 5.41 Å². The van der Waals surface area contributed by atoms with Crippen LogP contribution < -0.4 is 14.4 Å². The number of amidine groups is 1. The molecule has 1 aliphatic carbocycles. The Labute approximate surface area is 212 Å². The summed E-state index contributed by atoms with van der Waals surface area (Å²) in [4.78, 5) is 17.8. The highest BCUT2D eigenvalue weighted by atomic mass is 16.5. The molecule has 2 heterocycles. The Morgan fingerprint density at radius 3 is 2.31 bits per heavy atom. The van der Waals surface area contributed by atoms with Crippen LogP contribution in [-0.2, 0) is 15.7 Å². The molecule has 2 aromatic rings. The molecule has 8 heteroatoms. The van der Waals surface area contributed by atoms with Crippen molar-refractivity contribution >= 4 is 17.3 Å². The number of aromatic hydroxyl groups is 1. The number of anilines is 1. The zero-order valence-electron chi connectivity index (χ0n) is 21.7. The zero-order valence-corrected chi connectivity index (χ0v) is 21.7. The number of benzene rings is 2. The van der Waals surface area contributed by atoms with Gasteiger partial charge in [-0.15, -0.1) is 0 Å². The van der Waals surface area contributed by atoms with Gasteiger partial charge in [0.1, 0.15) is 11.6 Å². The molecule has 192 valence electrons. The number of hydrogen-bond donors (Lipinski definition) is 2. The van der Waals surface area contributed by atoms with E-state index >= 15 is 0 Å². The van der Waals surface area contributed by atoms with Gasteiger partial charge in [0.25, 0.3) is 0 Å². The van der Waals surface area contributed by atoms with Crippen molar-refractivity contribution in [3.8, 4) is 17.2 Å². The smallest absolute Gasteiger partial charge is 0.182 e. The Hall–Kier alpha value is -3.26. The molecular formula is C28H35N3O5. The van der Waals surface area contributed by atoms with E-state index < -0.39 is 0 Å². The second-order valence-corrected chi connectivity index (χ2v) is 10.9. The molecule has 2 aromatic carbocycles. The monoisotopic (exact) mass is 493 g/mol. The maximum atomic E-state index is 13.8. The summed E-state index contributed by atoms with van der Waals surface area (Å²) >= 11 is 0. The quantitative estimate of drug-likeness (QED) is 0.586. The van der Waals surface area contributed by atoms with E-state index in [1.54, 1.807) is 20.3 Å². The van der Waals surface area contributed by atoms with Gasteiger partial charge in [0.05, 0.1) is 45.2 Å². The summed E-state index contributed by atoms with van der Waals surface area (Å²) in [6, 6.07) is 7.42. The highest BCUT2D eigenvalue weighted by molar-refractivity contribution is 6.07. The van der Waals surface area contributed by atoms with E-state index in [1.165, 1.54) is 0 Å². The lowest BCUT2D eigenvalue weighted by molar-refractivity contribution is 0.0943. The molecule has 2 fully saturated rings. The van der Waals surface area contributed by atoms with E-state index in [4.69, 9.17) is 19.6 Å². The number of phenols is 1. The van der Waals surface area contributed by atoms with E-state index in [9.17, 15) is 9.90 Å². The van der Waals surface area contributed by atoms with Crippen molar-refractivity contribution in [3.05, 3.63) is 46.5 Å². The third-order valence-corrected chi connectivity index (χ3v) is 7.66. The summed E-state index contributed by atoms with van der Waals surface area (Å²) in [5.41, 5.74) is 3.08. The summed E-state index contributed by atoms with van der Waals surface area (Å²) < 4.78 is 16.5. The lowest BCUT2D eigenvalue weighted by Gasteiger charge is -2.32. The van der Waals surface area contributed by atoms with Crippen LogP contribution in [0.3, 0.4) is 0 Å². The molecule has 1 saturated heterocycles. The normalized spacial score (nSPS) is 18.4. The Morgan fingerprint density at radius 1 is 1.08 bits per heavy atom. The molecule has 0 aromatic heterocycles. The Kier molecular flexibility index (Phi) is 5.90. The molecule has 0 atom stereocenters. The van der Waals surface area contributed by atoms with Crippen molar-refractivity contribution in [2.45, 2.75) is 44.6 Å². The minimum absolute atomic E-state index is 0.0715. The number of rotatable bonds is 6. The van der Waals surface area contributed by atoms with Gasteiger partial charge < -0.3 is 29.1 Å². The first-order valence-electron chi connectivity index (χ1n) is 12.5. The Bertz CT molecular complexity index is 1220. The van der Waals surface area contributed by atoms with E-state index in [1.807, 2.05) is 43.9 Å². The summed E-state index contributed by atoms with van der Waals surface area (Å²) in [5.74, 6) is 1.69. The molecule has 3 aliphatic rings. The van der Waals surface area contributed by atoms with Gasteiger partial charge in [0, 0.05) is 29.8 Å². The van der Waals surface area contributed by atoms with Crippen molar-refractivity contribution in [2.75, 3.05) is 52.0 Å². The second kappa shape index (κ2) is 8.69. The third-order valence-electron chi connectivity index (χ3n) is 7.66. The van der Waals surface area contributed by atoms with Gasteiger partial charge in [-0.1, -0.05) is 20.8 Å². The van der Waals surface area contributed by atoms with Gasteiger partial charge in [-0.3, -0.25) is 10.2 Å². The number of ether oxygens (including phenoxy) is 3. The molecule has 1 spiro atoms. The Balaban J connectivity index is 1.50. The summed E-state index contributed by atoms with van der Waals surface area (Å²) in [6.45, 7) is 8.68. The maximum absolute atomic E-state index is 13.8. The SMILES string of the molecule is COc1cc2c(cc1OC)C1(CC1)N(CC(=O)c1cc(N3CCOCC3)c(O)c(C(C)(C)C)c1)C2=N. The van der Waals surface area contributed by atoms with E-state index in [0.29, 0.717) is 54.9 Å². The summed E-state index contributed by atoms with van der Waals surface area (Å²) in [7, 11) is 3.19. The minimum atomic E-state index is -0.349. The van der Waals surface area contributed by atoms with Gasteiger partial charge in [-0.05, 0) is 48.1 Å². The van der Waals surface area contributed by atoms with Crippen LogP contribution in [0, 0.1) is 5.41 Å². The number of phenolic OH excluding ortho intramolecular Hbond substituents is 1. The molecule has 5 rings (SSSR count). The number of carbonyl (C=O) groups is 1. The van der Waals surface area contributed by atoms with E-state index in [-0.39, 0.29) is 29.0 Å². The van der Waals surface area contributed by atoms with Crippen LogP contribution in [0.25, 0.3) is 0 Å². The molecule has 36 heavy (non-hydrogen) atoms. The highest BCUT2D eigenvalue weighted by Crippen LogP contribution is 2.58. The van der Waals surface area contributed by atoms with Gasteiger partial charge in [0.2, 0.25) is 0 Å². The number of nitrogens with zero attached hydrogens (tertiary/aromatic N) is 2. The molecule has 0 bridgehead atoms. The van der Waals surface area contributed by atoms with Gasteiger partial charge >= 0.3 is 0 Å². The summed E-state index contributed by atoms with van der Waals surface area (Å²) in [6.07, 6.45) is 1.76. The molecular weight excluding hydrogens is 458 g/mol. The second-order valence-electron chi connectivity index (χ2n) is 10.9. The maximum Gasteiger partial charge on any atom is 0.182 e. The molecule has 8 nitrogen and oxygen atoms in total. The van der Waals surface area contributed by atoms with Crippen LogP contribution in [0.4, 0.5) is 5.69 Å². The van der Waals surface area contributed by atoms with E-state index in [2.05, 4.69) is 4.90 Å². The summed E-state index contributed by atoms with van der Waals surface area (Å²) in [5, 5.41) is 20.1. The largest absolute Gasteiger partial charge is 0.505 e. The van der Waals surface area contributed by atoms with Crippen LogP contribution in [0.2, 0.25) is 0 Å².